The normalized spacial score (nSPS) is 12.2. The molecule has 0 aromatic carbocycles. The molecule has 1 unspecified atom stereocenters. The molecule has 0 bridgehead atoms. The van der Waals surface area contributed by atoms with Crippen molar-refractivity contribution in [1.29, 1.82) is 0 Å². The lowest BCUT2D eigenvalue weighted by molar-refractivity contribution is -0.179. The van der Waals surface area contributed by atoms with Crippen LogP contribution in [0.25, 0.3) is 0 Å². The van der Waals surface area contributed by atoms with Gasteiger partial charge in [0.1, 0.15) is 32.2 Å². The molecule has 0 saturated carbocycles. The van der Waals surface area contributed by atoms with Gasteiger partial charge in [0.15, 0.2) is 11.4 Å². The molecule has 13 N–H and O–H groups in total. The third kappa shape index (κ3) is 41.1. The van der Waals surface area contributed by atoms with Gasteiger partial charge in [-0.25, -0.2) is 14.4 Å². The summed E-state index contributed by atoms with van der Waals surface area (Å²) in [6, 6.07) is 0. The highest BCUT2D eigenvalue weighted by atomic mass is 16.6. The molecule has 37 nitrogen and oxygen atoms in total. The number of carbonyl (C=O) groups excluding carboxylic acids is 3. The Labute approximate surface area is 485 Å². The average molecular weight is 1240 g/mol. The van der Waals surface area contributed by atoms with E-state index in [2.05, 4.69) is 21.3 Å². The van der Waals surface area contributed by atoms with Gasteiger partial charge in [-0.05, 0) is 7.05 Å². The van der Waals surface area contributed by atoms with E-state index in [1.165, 1.54) is 7.05 Å². The van der Waals surface area contributed by atoms with Crippen molar-refractivity contribution >= 4 is 71.8 Å². The Hall–Kier alpha value is -6.72. The summed E-state index contributed by atoms with van der Waals surface area (Å²) < 4.78 is 66.5. The molecule has 85 heavy (non-hydrogen) atoms. The molecule has 37 heteroatoms. The van der Waals surface area contributed by atoms with Gasteiger partial charge in [0.05, 0.1) is 181 Å². The van der Waals surface area contributed by atoms with Crippen LogP contribution in [0.15, 0.2) is 0 Å². The van der Waals surface area contributed by atoms with E-state index in [1.807, 2.05) is 0 Å². The highest BCUT2D eigenvalue weighted by Crippen LogP contribution is 2.17. The van der Waals surface area contributed by atoms with Crippen LogP contribution in [0.1, 0.15) is 51.4 Å². The third-order valence-corrected chi connectivity index (χ3v) is 10.8. The number of hydrogen-bond donors (Lipinski definition) is 13. The van der Waals surface area contributed by atoms with Crippen LogP contribution in [0.3, 0.4) is 0 Å². The van der Waals surface area contributed by atoms with Gasteiger partial charge in [-0.3, -0.25) is 38.4 Å². The monoisotopic (exact) mass is 1240 g/mol. The lowest BCUT2D eigenvalue weighted by Gasteiger charge is -2.36. The van der Waals surface area contributed by atoms with Crippen LogP contribution in [0.5, 0.6) is 0 Å². The van der Waals surface area contributed by atoms with Gasteiger partial charge in [0.2, 0.25) is 11.8 Å². The summed E-state index contributed by atoms with van der Waals surface area (Å²) in [4.78, 5) is 141. The largest absolute Gasteiger partial charge is 0.481 e. The molecule has 0 aromatic heterocycles. The fourth-order valence-corrected chi connectivity index (χ4v) is 6.49. The molecular formula is C48H78N4O33. The summed E-state index contributed by atoms with van der Waals surface area (Å²) >= 11 is 0. The van der Waals surface area contributed by atoms with E-state index < -0.39 is 278 Å². The maximum absolute atomic E-state index is 13.5. The van der Waals surface area contributed by atoms with E-state index in [0.29, 0.717) is 6.29 Å². The number of ether oxygens (including phenoxy) is 12. The van der Waals surface area contributed by atoms with Crippen LogP contribution < -0.4 is 21.3 Å². The summed E-state index contributed by atoms with van der Waals surface area (Å²) in [6.45, 7) is -12.3. The fourth-order valence-electron chi connectivity index (χ4n) is 6.49. The van der Waals surface area contributed by atoms with Gasteiger partial charge in [0, 0.05) is 6.54 Å². The Morgan fingerprint density at radius 1 is 0.365 bits per heavy atom. The molecule has 0 fully saturated rings. The number of amides is 2. The van der Waals surface area contributed by atoms with Gasteiger partial charge in [-0.2, -0.15) is 0 Å². The molecule has 0 heterocycles. The molecule has 0 aromatic rings. The molecule has 1 atom stereocenters. The van der Waals surface area contributed by atoms with Crippen molar-refractivity contribution in [2.75, 3.05) is 152 Å². The van der Waals surface area contributed by atoms with E-state index >= 15 is 0 Å². The van der Waals surface area contributed by atoms with E-state index in [-0.39, 0.29) is 13.2 Å². The molecule has 2 amide bonds. The molecule has 0 aliphatic carbocycles. The maximum atomic E-state index is 13.5. The van der Waals surface area contributed by atoms with Crippen molar-refractivity contribution in [1.82, 2.24) is 21.3 Å². The van der Waals surface area contributed by atoms with E-state index in [0.717, 1.165) is 0 Å². The second-order valence-electron chi connectivity index (χ2n) is 18.3. The van der Waals surface area contributed by atoms with Gasteiger partial charge in [-0.1, -0.05) is 0 Å². The average Bonchev–Trinajstić information content (AvgIpc) is 3.61. The van der Waals surface area contributed by atoms with Crippen molar-refractivity contribution in [2.45, 2.75) is 80.0 Å². The third-order valence-electron chi connectivity index (χ3n) is 10.8. The number of aldehydes is 1. The van der Waals surface area contributed by atoms with Crippen molar-refractivity contribution in [3.63, 3.8) is 0 Å². The predicted octanol–water partition coefficient (Wildman–Crippen LogP) is -4.45. The maximum Gasteiger partial charge on any atom is 0.329 e. The van der Waals surface area contributed by atoms with E-state index in [4.69, 9.17) is 87.5 Å². The highest BCUT2D eigenvalue weighted by Gasteiger charge is 2.39. The second-order valence-corrected chi connectivity index (χ2v) is 18.3. The summed E-state index contributed by atoms with van der Waals surface area (Å²) in [5, 5.41) is 93.3. The van der Waals surface area contributed by atoms with Gasteiger partial charge >= 0.3 is 53.7 Å². The molecule has 488 valence electrons. The van der Waals surface area contributed by atoms with Crippen molar-refractivity contribution in [2.24, 2.45) is 0 Å². The number of carboxylic acids is 9. The Morgan fingerprint density at radius 2 is 0.647 bits per heavy atom. The van der Waals surface area contributed by atoms with Crippen LogP contribution in [0.4, 0.5) is 0 Å². The van der Waals surface area contributed by atoms with Crippen LogP contribution in [0, 0.1) is 0 Å². The Balaban J connectivity index is 6.93. The summed E-state index contributed by atoms with van der Waals surface area (Å²) in [5.74, 6) is -13.7. The number of hydrogen-bond acceptors (Lipinski definition) is 26. The topological polar surface area (TPSA) is 546 Å². The lowest BCUT2D eigenvalue weighted by Crippen LogP contribution is -2.60. The van der Waals surface area contributed by atoms with Crippen molar-refractivity contribution in [3.05, 3.63) is 0 Å². The number of carbonyl (C=O) groups is 12. The molecule has 0 aliphatic rings. The Bertz CT molecular complexity index is 1920. The summed E-state index contributed by atoms with van der Waals surface area (Å²) in [5.41, 5.74) is -7.37. The Kier molecular flexibility index (Phi) is 41.2. The van der Waals surface area contributed by atoms with E-state index in [9.17, 15) is 72.9 Å². The number of carboxylic acid groups (broad SMARTS) is 9. The second kappa shape index (κ2) is 44.7. The van der Waals surface area contributed by atoms with Crippen LogP contribution in [-0.2, 0) is 114 Å². The first-order valence-electron chi connectivity index (χ1n) is 25.7. The zero-order valence-electron chi connectivity index (χ0n) is 46.7. The number of aliphatic carboxylic acids is 9. The minimum Gasteiger partial charge on any atom is -0.481 e. The molecule has 0 saturated heterocycles. The van der Waals surface area contributed by atoms with Crippen molar-refractivity contribution < 1.29 is 160 Å². The summed E-state index contributed by atoms with van der Waals surface area (Å²) in [6.07, 6.45) is -5.16. The number of rotatable bonds is 60. The van der Waals surface area contributed by atoms with E-state index in [1.54, 1.807) is 0 Å². The molecule has 0 aliphatic heterocycles. The van der Waals surface area contributed by atoms with Crippen LogP contribution in [0.2, 0.25) is 0 Å². The highest BCUT2D eigenvalue weighted by molar-refractivity contribution is 5.77. The molecular weight excluding hydrogens is 1160 g/mol. The Morgan fingerprint density at radius 3 is 0.929 bits per heavy atom. The first kappa shape index (κ1) is 78.3. The summed E-state index contributed by atoms with van der Waals surface area (Å²) in [7, 11) is 1.39. The smallest absolute Gasteiger partial charge is 0.329 e. The number of likely N-dealkylation sites (N-methyl/N-ethyl adjacent to an activating group) is 1. The van der Waals surface area contributed by atoms with Crippen LogP contribution >= 0.6 is 0 Å². The van der Waals surface area contributed by atoms with Crippen molar-refractivity contribution in [3.8, 4) is 0 Å². The zero-order valence-corrected chi connectivity index (χ0v) is 46.7. The molecule has 0 radical (unpaired) electrons. The minimum atomic E-state index is -2.12. The lowest BCUT2D eigenvalue weighted by atomic mass is 10.0. The quantitative estimate of drug-likeness (QED) is 0.0155. The predicted molar refractivity (Wildman–Crippen MR) is 275 cm³/mol. The van der Waals surface area contributed by atoms with Gasteiger partial charge < -0.3 is 129 Å². The van der Waals surface area contributed by atoms with Gasteiger partial charge in [-0.15, -0.1) is 0 Å². The number of nitrogens with one attached hydrogen (secondary N) is 4. The SMILES string of the molecule is CNC(COCCC(=O)NC(COCCC(=O)O)(COCCC(=O)O)OCC(=O)O)(COCCC(=O)NC(COCCC(=O)O)(COCCC(=O)O)OCC(=O)O)COC(C=O)CNC(COCCC(=O)O)(COCCC(=O)O)COCC(=O)O. The fraction of sp³-hybridized carbons (Fsp3) is 0.750. The first-order chi connectivity index (χ1) is 40.2. The molecule has 0 spiro atoms. The minimum absolute atomic E-state index is 0.341. The first-order valence-corrected chi connectivity index (χ1v) is 25.7. The zero-order chi connectivity index (χ0) is 64.2. The molecule has 0 rings (SSSR count). The van der Waals surface area contributed by atoms with Crippen LogP contribution in [-0.4, -0.2) is 299 Å². The van der Waals surface area contributed by atoms with Gasteiger partial charge in [0.25, 0.3) is 0 Å². The standard InChI is InChI=1S/C48H78N4O33/c1-49-45(23-74-10-2-34(54)51-47(84-21-43(70)71,29-78-14-6-38(60)61)30-79-15-7-39(62)63,24-75-11-3-35(55)52-48(85-22-44(72)73,31-80-16-8-40(64)65)32-81-17-9-41(66)67)28-83-33(19-53)18-50-46(27-82-20-42(68)69,25-76-12-4-36(56)57)26-77-13-5-37(58)59/h19,33,49-50H,2-18,20-32H2,1H3,(H,51,54)(H,52,55)(H,56,57)(H,58,59)(H,60,61)(H,62,63)(H,64,65)(H,66,67)(H,68,69)(H,70,71)(H,72,73).